The summed E-state index contributed by atoms with van der Waals surface area (Å²) in [6.45, 7) is 0.212. The van der Waals surface area contributed by atoms with Crippen LogP contribution in [0.5, 0.6) is 11.5 Å². The maximum Gasteiger partial charge on any atom is 0.254 e. The van der Waals surface area contributed by atoms with Crippen molar-refractivity contribution in [1.82, 2.24) is 10.2 Å². The Hall–Kier alpha value is -2.34. The zero-order valence-electron chi connectivity index (χ0n) is 11.8. The van der Waals surface area contributed by atoms with E-state index in [-0.39, 0.29) is 6.61 Å². The standard InChI is InChI=1S/C16H13BrN2O3/c1-20-11-6-8-12(9-7-11)21-10-15-18-19-16(22-15)13-4-2-3-5-14(13)17/h2-9H,10H2,1H3. The number of hydrogen-bond donors (Lipinski definition) is 0. The zero-order valence-corrected chi connectivity index (χ0v) is 13.4. The minimum Gasteiger partial charge on any atom is -0.497 e. The molecule has 0 aliphatic heterocycles. The Kier molecular flexibility index (Phi) is 4.39. The molecular weight excluding hydrogens is 348 g/mol. The Bertz CT molecular complexity index is 756. The molecule has 0 saturated heterocycles. The topological polar surface area (TPSA) is 57.4 Å². The van der Waals surface area contributed by atoms with Gasteiger partial charge in [0, 0.05) is 4.47 Å². The smallest absolute Gasteiger partial charge is 0.254 e. The number of halogens is 1. The van der Waals surface area contributed by atoms with Crippen molar-refractivity contribution in [3.63, 3.8) is 0 Å². The molecule has 22 heavy (non-hydrogen) atoms. The largest absolute Gasteiger partial charge is 0.497 e. The van der Waals surface area contributed by atoms with Crippen LogP contribution in [0.25, 0.3) is 11.5 Å². The number of hydrogen-bond acceptors (Lipinski definition) is 5. The Morgan fingerprint density at radius 1 is 1.00 bits per heavy atom. The van der Waals surface area contributed by atoms with E-state index in [0.29, 0.717) is 17.5 Å². The van der Waals surface area contributed by atoms with Gasteiger partial charge in [-0.25, -0.2) is 0 Å². The normalized spacial score (nSPS) is 10.5. The van der Waals surface area contributed by atoms with Crippen molar-refractivity contribution in [3.05, 3.63) is 58.9 Å². The van der Waals surface area contributed by atoms with E-state index in [0.717, 1.165) is 15.8 Å². The molecule has 0 N–H and O–H groups in total. The number of ether oxygens (including phenoxy) is 2. The summed E-state index contributed by atoms with van der Waals surface area (Å²) < 4.78 is 17.2. The third-order valence-corrected chi connectivity index (χ3v) is 3.68. The van der Waals surface area contributed by atoms with Gasteiger partial charge in [0.1, 0.15) is 11.5 Å². The van der Waals surface area contributed by atoms with Gasteiger partial charge in [-0.1, -0.05) is 12.1 Å². The molecule has 0 unspecified atom stereocenters. The highest BCUT2D eigenvalue weighted by Crippen LogP contribution is 2.27. The van der Waals surface area contributed by atoms with Gasteiger partial charge in [0.2, 0.25) is 5.89 Å². The predicted octanol–water partition coefficient (Wildman–Crippen LogP) is 4.09. The number of rotatable bonds is 5. The van der Waals surface area contributed by atoms with Crippen LogP contribution < -0.4 is 9.47 Å². The quantitative estimate of drug-likeness (QED) is 0.685. The highest BCUT2D eigenvalue weighted by Gasteiger charge is 2.11. The van der Waals surface area contributed by atoms with E-state index in [2.05, 4.69) is 26.1 Å². The van der Waals surface area contributed by atoms with Crippen LogP contribution in [0.3, 0.4) is 0 Å². The lowest BCUT2D eigenvalue weighted by Gasteiger charge is -2.04. The molecule has 0 bridgehead atoms. The molecule has 3 aromatic rings. The van der Waals surface area contributed by atoms with Crippen LogP contribution in [0.15, 0.2) is 57.4 Å². The van der Waals surface area contributed by atoms with Crippen molar-refractivity contribution in [1.29, 1.82) is 0 Å². The second-order valence-electron chi connectivity index (χ2n) is 4.45. The van der Waals surface area contributed by atoms with Gasteiger partial charge in [0.25, 0.3) is 5.89 Å². The molecule has 0 aliphatic rings. The summed E-state index contributed by atoms with van der Waals surface area (Å²) in [5, 5.41) is 8.04. The van der Waals surface area contributed by atoms with Gasteiger partial charge >= 0.3 is 0 Å². The SMILES string of the molecule is COc1ccc(OCc2nnc(-c3ccccc3Br)o2)cc1. The van der Waals surface area contributed by atoms with Gasteiger partial charge in [-0.2, -0.15) is 0 Å². The lowest BCUT2D eigenvalue weighted by Crippen LogP contribution is -1.95. The lowest BCUT2D eigenvalue weighted by molar-refractivity contribution is 0.264. The molecule has 1 heterocycles. The molecule has 2 aromatic carbocycles. The van der Waals surface area contributed by atoms with Gasteiger partial charge in [-0.3, -0.25) is 0 Å². The summed E-state index contributed by atoms with van der Waals surface area (Å²) in [4.78, 5) is 0. The van der Waals surface area contributed by atoms with Crippen molar-refractivity contribution in [2.75, 3.05) is 7.11 Å². The van der Waals surface area contributed by atoms with Crippen molar-refractivity contribution in [2.45, 2.75) is 6.61 Å². The molecule has 5 nitrogen and oxygen atoms in total. The van der Waals surface area contributed by atoms with Gasteiger partial charge in [0.15, 0.2) is 6.61 Å². The van der Waals surface area contributed by atoms with E-state index < -0.39 is 0 Å². The third kappa shape index (κ3) is 3.28. The molecule has 3 rings (SSSR count). The summed E-state index contributed by atoms with van der Waals surface area (Å²) >= 11 is 3.46. The highest BCUT2D eigenvalue weighted by molar-refractivity contribution is 9.10. The fourth-order valence-electron chi connectivity index (χ4n) is 1.87. The second kappa shape index (κ2) is 6.62. The van der Waals surface area contributed by atoms with Crippen LogP contribution in [0.1, 0.15) is 5.89 Å². The molecular formula is C16H13BrN2O3. The number of methoxy groups -OCH3 is 1. The molecule has 1 aromatic heterocycles. The summed E-state index contributed by atoms with van der Waals surface area (Å²) in [6.07, 6.45) is 0. The molecule has 0 amide bonds. The Morgan fingerprint density at radius 2 is 1.73 bits per heavy atom. The first-order valence-electron chi connectivity index (χ1n) is 6.60. The maximum absolute atomic E-state index is 5.62. The van der Waals surface area contributed by atoms with Crippen LogP contribution in [0.4, 0.5) is 0 Å². The fraction of sp³-hybridized carbons (Fsp3) is 0.125. The lowest BCUT2D eigenvalue weighted by atomic mass is 10.2. The van der Waals surface area contributed by atoms with E-state index in [1.165, 1.54) is 0 Å². The van der Waals surface area contributed by atoms with Gasteiger partial charge in [-0.05, 0) is 52.3 Å². The highest BCUT2D eigenvalue weighted by atomic mass is 79.9. The summed E-state index contributed by atoms with van der Waals surface area (Å²) in [5.41, 5.74) is 0.852. The van der Waals surface area contributed by atoms with Crippen molar-refractivity contribution >= 4 is 15.9 Å². The fourth-order valence-corrected chi connectivity index (χ4v) is 2.33. The van der Waals surface area contributed by atoms with Crippen LogP contribution in [-0.4, -0.2) is 17.3 Å². The summed E-state index contributed by atoms with van der Waals surface area (Å²) in [7, 11) is 1.62. The first-order valence-corrected chi connectivity index (χ1v) is 7.39. The van der Waals surface area contributed by atoms with E-state index in [1.54, 1.807) is 7.11 Å². The van der Waals surface area contributed by atoms with Crippen LogP contribution in [-0.2, 0) is 6.61 Å². The molecule has 0 radical (unpaired) electrons. The van der Waals surface area contributed by atoms with Crippen molar-refractivity contribution < 1.29 is 13.9 Å². The van der Waals surface area contributed by atoms with Crippen LogP contribution in [0.2, 0.25) is 0 Å². The average Bonchev–Trinajstić information content (AvgIpc) is 3.02. The molecule has 112 valence electrons. The first kappa shape index (κ1) is 14.6. The maximum atomic E-state index is 5.62. The number of nitrogens with zero attached hydrogens (tertiary/aromatic N) is 2. The molecule has 6 heteroatoms. The summed E-state index contributed by atoms with van der Waals surface area (Å²) in [6, 6.07) is 15.0. The van der Waals surface area contributed by atoms with E-state index in [9.17, 15) is 0 Å². The predicted molar refractivity (Wildman–Crippen MR) is 84.8 cm³/mol. The Balaban J connectivity index is 1.68. The minimum absolute atomic E-state index is 0.212. The zero-order chi connectivity index (χ0) is 15.4. The van der Waals surface area contributed by atoms with Gasteiger partial charge in [0.05, 0.1) is 12.7 Å². The van der Waals surface area contributed by atoms with Crippen LogP contribution in [0, 0.1) is 0 Å². The van der Waals surface area contributed by atoms with E-state index in [1.807, 2.05) is 48.5 Å². The number of aromatic nitrogens is 2. The molecule has 0 fully saturated rings. The van der Waals surface area contributed by atoms with Gasteiger partial charge in [-0.15, -0.1) is 10.2 Å². The van der Waals surface area contributed by atoms with Crippen LogP contribution >= 0.6 is 15.9 Å². The first-order chi connectivity index (χ1) is 10.8. The molecule has 0 aliphatic carbocycles. The van der Waals surface area contributed by atoms with E-state index in [4.69, 9.17) is 13.9 Å². The third-order valence-electron chi connectivity index (χ3n) is 2.99. The molecule has 0 saturated carbocycles. The minimum atomic E-state index is 0.212. The Labute approximate surface area is 136 Å². The Morgan fingerprint density at radius 3 is 2.45 bits per heavy atom. The number of benzene rings is 2. The van der Waals surface area contributed by atoms with E-state index >= 15 is 0 Å². The summed E-state index contributed by atoms with van der Waals surface area (Å²) in [5.74, 6) is 2.37. The van der Waals surface area contributed by atoms with Crippen molar-refractivity contribution in [3.8, 4) is 23.0 Å². The average molecular weight is 361 g/mol. The van der Waals surface area contributed by atoms with Crippen molar-refractivity contribution in [2.24, 2.45) is 0 Å². The second-order valence-corrected chi connectivity index (χ2v) is 5.30. The van der Waals surface area contributed by atoms with Gasteiger partial charge < -0.3 is 13.9 Å². The molecule has 0 atom stereocenters. The molecule has 0 spiro atoms. The monoisotopic (exact) mass is 360 g/mol.